The zero-order valence-corrected chi connectivity index (χ0v) is 14.8. The third-order valence-corrected chi connectivity index (χ3v) is 5.41. The Hall–Kier alpha value is -1.73. The van der Waals surface area contributed by atoms with Gasteiger partial charge in [-0.05, 0) is 24.8 Å². The summed E-state index contributed by atoms with van der Waals surface area (Å²) in [6.07, 6.45) is 0.568. The highest BCUT2D eigenvalue weighted by Gasteiger charge is 2.28. The van der Waals surface area contributed by atoms with Crippen molar-refractivity contribution in [3.8, 4) is 0 Å². The number of rotatable bonds is 7. The number of hydrogen-bond acceptors (Lipinski definition) is 4. The number of benzene rings is 1. The van der Waals surface area contributed by atoms with Crippen molar-refractivity contribution in [2.75, 3.05) is 0 Å². The highest BCUT2D eigenvalue weighted by molar-refractivity contribution is 7.89. The molecule has 1 atom stereocenters. The van der Waals surface area contributed by atoms with Crippen LogP contribution in [0.1, 0.15) is 42.5 Å². The van der Waals surface area contributed by atoms with Gasteiger partial charge in [-0.15, -0.1) is 0 Å². The van der Waals surface area contributed by atoms with Gasteiger partial charge in [0.1, 0.15) is 10.9 Å². The number of aryl methyl sites for hydroxylation is 2. The fourth-order valence-electron chi connectivity index (χ4n) is 2.51. The zero-order chi connectivity index (χ0) is 17.0. The molecule has 0 saturated carbocycles. The van der Waals surface area contributed by atoms with E-state index in [9.17, 15) is 8.42 Å². The first kappa shape index (κ1) is 17.6. The lowest BCUT2D eigenvalue weighted by Gasteiger charge is -2.20. The number of nitrogens with one attached hydrogen (secondary N) is 1. The van der Waals surface area contributed by atoms with Gasteiger partial charge in [0.05, 0.1) is 12.2 Å². The molecule has 1 unspecified atom stereocenters. The molecule has 2 aromatic rings. The lowest BCUT2D eigenvalue weighted by Crippen LogP contribution is -2.30. The molecule has 1 aromatic carbocycles. The second-order valence-corrected chi connectivity index (χ2v) is 8.06. The van der Waals surface area contributed by atoms with E-state index in [0.29, 0.717) is 12.1 Å². The predicted molar refractivity (Wildman–Crippen MR) is 90.1 cm³/mol. The average molecular weight is 336 g/mol. The van der Waals surface area contributed by atoms with E-state index in [1.165, 1.54) is 4.80 Å². The van der Waals surface area contributed by atoms with Crippen LogP contribution < -0.4 is 4.72 Å². The SMILES string of the molecule is Cc1nn(C)nc1CNS(=O)(=O)C(CC(C)C)c1ccccc1. The summed E-state index contributed by atoms with van der Waals surface area (Å²) in [4.78, 5) is 1.45. The maximum atomic E-state index is 12.8. The van der Waals surface area contributed by atoms with Crippen LogP contribution in [0.3, 0.4) is 0 Å². The zero-order valence-electron chi connectivity index (χ0n) is 14.0. The summed E-state index contributed by atoms with van der Waals surface area (Å²) < 4.78 is 28.3. The Kier molecular flexibility index (Phi) is 5.54. The number of sulfonamides is 1. The Morgan fingerprint density at radius 2 is 1.83 bits per heavy atom. The van der Waals surface area contributed by atoms with E-state index < -0.39 is 15.3 Å². The Morgan fingerprint density at radius 1 is 1.17 bits per heavy atom. The molecule has 23 heavy (non-hydrogen) atoms. The molecule has 0 aliphatic heterocycles. The number of aromatic nitrogens is 3. The van der Waals surface area contributed by atoms with Gasteiger partial charge in [-0.25, -0.2) is 13.1 Å². The van der Waals surface area contributed by atoms with Crippen LogP contribution in [0, 0.1) is 12.8 Å². The molecule has 1 aromatic heterocycles. The van der Waals surface area contributed by atoms with E-state index >= 15 is 0 Å². The summed E-state index contributed by atoms with van der Waals surface area (Å²) in [7, 11) is -1.78. The van der Waals surface area contributed by atoms with Crippen LogP contribution in [0.4, 0.5) is 0 Å². The Morgan fingerprint density at radius 3 is 2.35 bits per heavy atom. The lowest BCUT2D eigenvalue weighted by molar-refractivity contribution is 0.521. The fourth-order valence-corrected chi connectivity index (χ4v) is 4.21. The number of nitrogens with zero attached hydrogens (tertiary/aromatic N) is 3. The summed E-state index contributed by atoms with van der Waals surface area (Å²) in [6.45, 7) is 6.03. The van der Waals surface area contributed by atoms with Crippen LogP contribution in [-0.2, 0) is 23.6 Å². The van der Waals surface area contributed by atoms with Crippen molar-refractivity contribution >= 4 is 10.0 Å². The molecular weight excluding hydrogens is 312 g/mol. The van der Waals surface area contributed by atoms with Gasteiger partial charge in [-0.3, -0.25) is 0 Å². The third kappa shape index (κ3) is 4.62. The van der Waals surface area contributed by atoms with Crippen molar-refractivity contribution in [1.82, 2.24) is 19.7 Å². The number of hydrogen-bond donors (Lipinski definition) is 1. The van der Waals surface area contributed by atoms with Gasteiger partial charge in [0.15, 0.2) is 0 Å². The Bertz CT molecular complexity index is 739. The van der Waals surface area contributed by atoms with E-state index in [4.69, 9.17) is 0 Å². The summed E-state index contributed by atoms with van der Waals surface area (Å²) in [5.74, 6) is 0.273. The molecule has 0 saturated heterocycles. The lowest BCUT2D eigenvalue weighted by atomic mass is 10.0. The standard InChI is InChI=1S/C16H24N4O2S/c1-12(2)10-16(14-8-6-5-7-9-14)23(21,22)17-11-15-13(3)18-20(4)19-15/h5-9,12,16-17H,10-11H2,1-4H3. The van der Waals surface area contributed by atoms with E-state index in [1.807, 2.05) is 51.1 Å². The van der Waals surface area contributed by atoms with Crippen LogP contribution in [0.5, 0.6) is 0 Å². The van der Waals surface area contributed by atoms with Gasteiger partial charge in [0.2, 0.25) is 10.0 Å². The fraction of sp³-hybridized carbons (Fsp3) is 0.500. The highest BCUT2D eigenvalue weighted by atomic mass is 32.2. The predicted octanol–water partition coefficient (Wildman–Crippen LogP) is 2.33. The average Bonchev–Trinajstić information content (AvgIpc) is 2.81. The Balaban J connectivity index is 2.21. The van der Waals surface area contributed by atoms with Crippen LogP contribution in [-0.4, -0.2) is 23.4 Å². The topological polar surface area (TPSA) is 76.9 Å². The molecule has 0 radical (unpaired) electrons. The van der Waals surface area contributed by atoms with E-state index in [2.05, 4.69) is 14.9 Å². The summed E-state index contributed by atoms with van der Waals surface area (Å²) in [6, 6.07) is 9.34. The molecule has 0 aliphatic rings. The minimum atomic E-state index is -3.50. The van der Waals surface area contributed by atoms with E-state index in [-0.39, 0.29) is 12.5 Å². The minimum absolute atomic E-state index is 0.156. The van der Waals surface area contributed by atoms with Gasteiger partial charge in [0.25, 0.3) is 0 Å². The molecule has 1 heterocycles. The van der Waals surface area contributed by atoms with Gasteiger partial charge < -0.3 is 0 Å². The highest BCUT2D eigenvalue weighted by Crippen LogP contribution is 2.28. The van der Waals surface area contributed by atoms with Crippen LogP contribution in [0.2, 0.25) is 0 Å². The van der Waals surface area contributed by atoms with Gasteiger partial charge in [-0.2, -0.15) is 15.0 Å². The monoisotopic (exact) mass is 336 g/mol. The molecule has 0 amide bonds. The van der Waals surface area contributed by atoms with Gasteiger partial charge in [-0.1, -0.05) is 44.2 Å². The molecule has 0 fully saturated rings. The van der Waals surface area contributed by atoms with Gasteiger partial charge >= 0.3 is 0 Å². The molecule has 0 bridgehead atoms. The molecule has 6 nitrogen and oxygen atoms in total. The molecule has 126 valence electrons. The van der Waals surface area contributed by atoms with Crippen molar-refractivity contribution in [2.45, 2.75) is 39.0 Å². The quantitative estimate of drug-likeness (QED) is 0.842. The van der Waals surface area contributed by atoms with Crippen molar-refractivity contribution in [3.63, 3.8) is 0 Å². The van der Waals surface area contributed by atoms with Crippen LogP contribution in [0.15, 0.2) is 30.3 Å². The van der Waals surface area contributed by atoms with Crippen LogP contribution in [0.25, 0.3) is 0 Å². The molecule has 0 aliphatic carbocycles. The van der Waals surface area contributed by atoms with Crippen molar-refractivity contribution in [1.29, 1.82) is 0 Å². The Labute approximate surface area is 138 Å². The molecule has 1 N–H and O–H groups in total. The summed E-state index contributed by atoms with van der Waals surface area (Å²) in [5.41, 5.74) is 2.19. The molecular formula is C16H24N4O2S. The van der Waals surface area contributed by atoms with Crippen LogP contribution >= 0.6 is 0 Å². The molecule has 7 heteroatoms. The van der Waals surface area contributed by atoms with E-state index in [1.54, 1.807) is 7.05 Å². The van der Waals surface area contributed by atoms with Crippen molar-refractivity contribution in [3.05, 3.63) is 47.3 Å². The third-order valence-electron chi connectivity index (χ3n) is 3.65. The van der Waals surface area contributed by atoms with Crippen molar-refractivity contribution < 1.29 is 8.42 Å². The first-order chi connectivity index (χ1) is 10.8. The first-order valence-corrected chi connectivity index (χ1v) is 9.24. The first-order valence-electron chi connectivity index (χ1n) is 7.70. The maximum Gasteiger partial charge on any atom is 0.219 e. The van der Waals surface area contributed by atoms with E-state index in [0.717, 1.165) is 11.3 Å². The van der Waals surface area contributed by atoms with Crippen molar-refractivity contribution in [2.24, 2.45) is 13.0 Å². The maximum absolute atomic E-state index is 12.8. The smallest absolute Gasteiger partial charge is 0.212 e. The summed E-state index contributed by atoms with van der Waals surface area (Å²) in [5, 5.41) is 7.75. The largest absolute Gasteiger partial charge is 0.219 e. The van der Waals surface area contributed by atoms with Gasteiger partial charge in [0, 0.05) is 7.05 Å². The normalized spacial score (nSPS) is 13.4. The molecule has 0 spiro atoms. The second kappa shape index (κ2) is 7.23. The summed E-state index contributed by atoms with van der Waals surface area (Å²) >= 11 is 0. The second-order valence-electron chi connectivity index (χ2n) is 6.12. The minimum Gasteiger partial charge on any atom is -0.212 e. The molecule has 2 rings (SSSR count).